The van der Waals surface area contributed by atoms with Crippen LogP contribution >= 0.6 is 15.9 Å². The number of aryl methyl sites for hydroxylation is 1. The number of rotatable bonds is 0. The molecule has 18 heavy (non-hydrogen) atoms. The molecule has 1 fully saturated rings. The van der Waals surface area contributed by atoms with Gasteiger partial charge < -0.3 is 9.84 Å². The van der Waals surface area contributed by atoms with Crippen LogP contribution in [0.5, 0.6) is 5.75 Å². The quantitative estimate of drug-likeness (QED) is 0.791. The predicted molar refractivity (Wildman–Crippen MR) is 75.1 cm³/mol. The summed E-state index contributed by atoms with van der Waals surface area (Å²) in [6.07, 6.45) is 1.74. The van der Waals surface area contributed by atoms with Crippen LogP contribution in [-0.2, 0) is 5.41 Å². The third kappa shape index (κ3) is 1.22. The van der Waals surface area contributed by atoms with Gasteiger partial charge in [0.05, 0.1) is 0 Å². The topological polar surface area (TPSA) is 29.5 Å². The maximum absolute atomic E-state index is 10.7. The molecule has 1 heterocycles. The molecule has 0 spiro atoms. The highest BCUT2D eigenvalue weighted by atomic mass is 79.9. The van der Waals surface area contributed by atoms with E-state index in [1.54, 1.807) is 0 Å². The van der Waals surface area contributed by atoms with Gasteiger partial charge >= 0.3 is 0 Å². The fourth-order valence-corrected chi connectivity index (χ4v) is 3.91. The smallest absolute Gasteiger partial charge is 0.144 e. The van der Waals surface area contributed by atoms with E-state index in [0.717, 1.165) is 23.1 Å². The predicted octanol–water partition coefficient (Wildman–Crippen LogP) is 3.71. The lowest BCUT2D eigenvalue weighted by atomic mass is 9.70. The molecule has 1 aliphatic heterocycles. The fourth-order valence-electron chi connectivity index (χ4n) is 3.57. The molecule has 3 rings (SSSR count). The second-order valence-electron chi connectivity index (χ2n) is 6.34. The number of hydrogen-bond acceptors (Lipinski definition) is 2. The standard InChI is InChI=1S/C15H19BrO2/c1-9-7-12-10(8-11(9)16)13(2)5-6-14(3,17)15(13,4)18-12/h7-8,17H,5-6H2,1-4H3/t13-,14+,15+/m0/s1. The van der Waals surface area contributed by atoms with Gasteiger partial charge in [-0.25, -0.2) is 0 Å². The number of benzene rings is 1. The minimum atomic E-state index is -0.777. The van der Waals surface area contributed by atoms with Crippen LogP contribution in [0.25, 0.3) is 0 Å². The Morgan fingerprint density at radius 2 is 1.89 bits per heavy atom. The van der Waals surface area contributed by atoms with Crippen molar-refractivity contribution in [3.05, 3.63) is 27.7 Å². The summed E-state index contributed by atoms with van der Waals surface area (Å²) in [5.41, 5.74) is 0.972. The summed E-state index contributed by atoms with van der Waals surface area (Å²) < 4.78 is 7.31. The highest BCUT2D eigenvalue weighted by Gasteiger charge is 2.67. The lowest BCUT2D eigenvalue weighted by Crippen LogP contribution is -2.56. The minimum Gasteiger partial charge on any atom is -0.483 e. The van der Waals surface area contributed by atoms with E-state index in [0.29, 0.717) is 0 Å². The number of ether oxygens (including phenoxy) is 1. The molecule has 1 N–H and O–H groups in total. The van der Waals surface area contributed by atoms with Gasteiger partial charge in [-0.2, -0.15) is 0 Å². The summed E-state index contributed by atoms with van der Waals surface area (Å²) in [5.74, 6) is 0.931. The zero-order valence-corrected chi connectivity index (χ0v) is 12.9. The van der Waals surface area contributed by atoms with E-state index in [9.17, 15) is 5.11 Å². The molecule has 1 aromatic carbocycles. The van der Waals surface area contributed by atoms with Crippen LogP contribution in [0.2, 0.25) is 0 Å². The van der Waals surface area contributed by atoms with Gasteiger partial charge in [-0.1, -0.05) is 22.9 Å². The fraction of sp³-hybridized carbons (Fsp3) is 0.600. The van der Waals surface area contributed by atoms with Crippen LogP contribution in [0.4, 0.5) is 0 Å². The summed E-state index contributed by atoms with van der Waals surface area (Å²) in [7, 11) is 0. The van der Waals surface area contributed by atoms with Crippen LogP contribution in [0, 0.1) is 6.92 Å². The molecular weight excluding hydrogens is 292 g/mol. The Morgan fingerprint density at radius 1 is 1.22 bits per heavy atom. The summed E-state index contributed by atoms with van der Waals surface area (Å²) >= 11 is 3.60. The number of hydrogen-bond donors (Lipinski definition) is 1. The molecule has 0 bridgehead atoms. The van der Waals surface area contributed by atoms with Gasteiger partial charge in [-0.15, -0.1) is 0 Å². The summed E-state index contributed by atoms with van der Waals surface area (Å²) in [5, 5.41) is 10.7. The maximum atomic E-state index is 10.7. The van der Waals surface area contributed by atoms with E-state index in [4.69, 9.17) is 4.74 Å². The van der Waals surface area contributed by atoms with Gasteiger partial charge in [0.1, 0.15) is 17.0 Å². The lowest BCUT2D eigenvalue weighted by molar-refractivity contribution is -0.102. The second-order valence-corrected chi connectivity index (χ2v) is 7.19. The number of halogens is 1. The highest BCUT2D eigenvalue weighted by molar-refractivity contribution is 9.10. The zero-order chi connectivity index (χ0) is 13.3. The molecule has 3 heteroatoms. The molecule has 3 atom stereocenters. The normalized spacial score (nSPS) is 41.4. The average Bonchev–Trinajstić information content (AvgIpc) is 2.59. The Hall–Kier alpha value is -0.540. The Labute approximate surface area is 116 Å². The zero-order valence-electron chi connectivity index (χ0n) is 11.3. The van der Waals surface area contributed by atoms with Gasteiger partial charge in [0.25, 0.3) is 0 Å². The minimum absolute atomic E-state index is 0.109. The second kappa shape index (κ2) is 3.31. The molecule has 0 saturated heterocycles. The van der Waals surface area contributed by atoms with Gasteiger partial charge in [-0.3, -0.25) is 0 Å². The van der Waals surface area contributed by atoms with Crippen molar-refractivity contribution in [2.24, 2.45) is 0 Å². The summed E-state index contributed by atoms with van der Waals surface area (Å²) in [4.78, 5) is 0. The van der Waals surface area contributed by atoms with Crippen molar-refractivity contribution in [1.82, 2.24) is 0 Å². The Balaban J connectivity index is 2.24. The van der Waals surface area contributed by atoms with Gasteiger partial charge in [0, 0.05) is 15.5 Å². The van der Waals surface area contributed by atoms with E-state index in [2.05, 4.69) is 41.9 Å². The first-order valence-electron chi connectivity index (χ1n) is 6.43. The Kier molecular flexibility index (Phi) is 2.30. The van der Waals surface area contributed by atoms with Gasteiger partial charge in [0.2, 0.25) is 0 Å². The summed E-state index contributed by atoms with van der Waals surface area (Å²) in [6.45, 7) is 8.21. The molecule has 0 aromatic heterocycles. The third-order valence-electron chi connectivity index (χ3n) is 5.36. The van der Waals surface area contributed by atoms with E-state index < -0.39 is 11.2 Å². The Morgan fingerprint density at radius 3 is 2.56 bits per heavy atom. The van der Waals surface area contributed by atoms with Gasteiger partial charge in [-0.05, 0) is 51.3 Å². The first-order valence-corrected chi connectivity index (χ1v) is 7.23. The summed E-state index contributed by atoms with van der Waals surface area (Å²) in [6, 6.07) is 4.24. The lowest BCUT2D eigenvalue weighted by Gasteiger charge is -2.40. The molecule has 2 nitrogen and oxygen atoms in total. The van der Waals surface area contributed by atoms with Crippen molar-refractivity contribution in [3.63, 3.8) is 0 Å². The van der Waals surface area contributed by atoms with Crippen LogP contribution < -0.4 is 4.74 Å². The molecule has 1 aromatic rings. The highest BCUT2D eigenvalue weighted by Crippen LogP contribution is 2.61. The first-order chi connectivity index (χ1) is 8.21. The van der Waals surface area contributed by atoms with Gasteiger partial charge in [0.15, 0.2) is 0 Å². The molecule has 1 saturated carbocycles. The van der Waals surface area contributed by atoms with E-state index in [1.165, 1.54) is 11.1 Å². The van der Waals surface area contributed by atoms with Crippen molar-refractivity contribution in [2.75, 3.05) is 0 Å². The van der Waals surface area contributed by atoms with Crippen molar-refractivity contribution < 1.29 is 9.84 Å². The average molecular weight is 311 g/mol. The molecule has 2 aliphatic rings. The largest absolute Gasteiger partial charge is 0.483 e. The van der Waals surface area contributed by atoms with Crippen molar-refractivity contribution in [1.29, 1.82) is 0 Å². The van der Waals surface area contributed by atoms with Crippen molar-refractivity contribution in [3.8, 4) is 5.75 Å². The molecule has 0 amide bonds. The molecular formula is C15H19BrO2. The molecule has 0 radical (unpaired) electrons. The number of aliphatic hydroxyl groups is 1. The molecule has 98 valence electrons. The van der Waals surface area contributed by atoms with Crippen LogP contribution in [0.1, 0.15) is 44.7 Å². The van der Waals surface area contributed by atoms with E-state index >= 15 is 0 Å². The first kappa shape index (κ1) is 12.5. The maximum Gasteiger partial charge on any atom is 0.144 e. The van der Waals surface area contributed by atoms with Crippen LogP contribution in [0.15, 0.2) is 16.6 Å². The number of fused-ring (bicyclic) bond motifs is 3. The van der Waals surface area contributed by atoms with Crippen molar-refractivity contribution >= 4 is 15.9 Å². The molecule has 0 unspecified atom stereocenters. The Bertz CT molecular complexity index is 538. The van der Waals surface area contributed by atoms with E-state index in [-0.39, 0.29) is 5.41 Å². The van der Waals surface area contributed by atoms with E-state index in [1.807, 2.05) is 13.8 Å². The van der Waals surface area contributed by atoms with Crippen molar-refractivity contribution in [2.45, 2.75) is 57.2 Å². The van der Waals surface area contributed by atoms with Crippen LogP contribution in [-0.4, -0.2) is 16.3 Å². The third-order valence-corrected chi connectivity index (χ3v) is 6.22. The van der Waals surface area contributed by atoms with Crippen LogP contribution in [0.3, 0.4) is 0 Å². The molecule has 1 aliphatic carbocycles. The monoisotopic (exact) mass is 310 g/mol. The SMILES string of the molecule is Cc1cc2c(cc1Br)[C@]1(C)CC[C@@](C)(O)[C@]1(C)O2.